The van der Waals surface area contributed by atoms with Gasteiger partial charge in [0.1, 0.15) is 5.82 Å². The first kappa shape index (κ1) is 21.5. The summed E-state index contributed by atoms with van der Waals surface area (Å²) in [5.74, 6) is -0.716. The molecule has 1 unspecified atom stereocenters. The van der Waals surface area contributed by atoms with Gasteiger partial charge in [-0.25, -0.2) is 12.8 Å². The van der Waals surface area contributed by atoms with E-state index < -0.39 is 10.0 Å². The summed E-state index contributed by atoms with van der Waals surface area (Å²) in [6, 6.07) is 11.7. The van der Waals surface area contributed by atoms with E-state index in [1.54, 1.807) is 38.2 Å². The summed E-state index contributed by atoms with van der Waals surface area (Å²) in [5.41, 5.74) is 1.04. The molecule has 1 saturated carbocycles. The van der Waals surface area contributed by atoms with Crippen molar-refractivity contribution in [2.24, 2.45) is 0 Å². The molecule has 5 nitrogen and oxygen atoms in total. The Hall–Kier alpha value is -2.25. The Kier molecular flexibility index (Phi) is 6.70. The van der Waals surface area contributed by atoms with Gasteiger partial charge in [0, 0.05) is 18.7 Å². The molecule has 0 saturated heterocycles. The number of carbonyl (C=O) groups excluding carboxylic acids is 1. The molecule has 2 aromatic rings. The lowest BCUT2D eigenvalue weighted by atomic mass is 9.96. The summed E-state index contributed by atoms with van der Waals surface area (Å²) in [6.45, 7) is 1.79. The molecule has 2 aromatic carbocycles. The van der Waals surface area contributed by atoms with Crippen molar-refractivity contribution in [1.82, 2.24) is 9.62 Å². The molecule has 1 fully saturated rings. The quantitative estimate of drug-likeness (QED) is 0.762. The lowest BCUT2D eigenvalue weighted by Crippen LogP contribution is -2.38. The minimum Gasteiger partial charge on any atom is -0.346 e. The fraction of sp³-hybridized carbons (Fsp3) is 0.409. The van der Waals surface area contributed by atoms with Crippen LogP contribution in [0.1, 0.15) is 61.0 Å². The van der Waals surface area contributed by atoms with Crippen LogP contribution < -0.4 is 5.32 Å². The number of nitrogens with one attached hydrogen (secondary N) is 1. The molecular weight excluding hydrogens is 391 g/mol. The number of hydrogen-bond donors (Lipinski definition) is 1. The molecule has 1 aliphatic rings. The highest BCUT2D eigenvalue weighted by Gasteiger charge is 2.29. The summed E-state index contributed by atoms with van der Waals surface area (Å²) >= 11 is 0. The normalized spacial score (nSPS) is 16.6. The van der Waals surface area contributed by atoms with Crippen molar-refractivity contribution >= 4 is 15.9 Å². The summed E-state index contributed by atoms with van der Waals surface area (Å²) in [4.78, 5) is 12.8. The van der Waals surface area contributed by atoms with Crippen molar-refractivity contribution in [3.63, 3.8) is 0 Å². The van der Waals surface area contributed by atoms with Crippen molar-refractivity contribution in [3.8, 4) is 0 Å². The zero-order valence-electron chi connectivity index (χ0n) is 16.8. The van der Waals surface area contributed by atoms with E-state index in [1.807, 2.05) is 0 Å². The maximum atomic E-state index is 13.1. The Morgan fingerprint density at radius 1 is 1.10 bits per heavy atom. The van der Waals surface area contributed by atoms with Gasteiger partial charge in [-0.15, -0.1) is 0 Å². The maximum Gasteiger partial charge on any atom is 0.251 e. The van der Waals surface area contributed by atoms with Crippen LogP contribution in [0.25, 0.3) is 0 Å². The Labute approximate surface area is 172 Å². The van der Waals surface area contributed by atoms with Gasteiger partial charge in [0.2, 0.25) is 10.0 Å². The molecule has 0 heterocycles. The lowest BCUT2D eigenvalue weighted by molar-refractivity contribution is 0.0939. The van der Waals surface area contributed by atoms with Crippen LogP contribution in [0, 0.1) is 5.82 Å². The molecule has 0 aliphatic heterocycles. The number of sulfonamides is 1. The SMILES string of the molecule is CC(NC(=O)c1cccc(S(=O)(=O)N(C)C2CCCCC2)c1)c1ccc(F)cc1. The number of hydrogen-bond acceptors (Lipinski definition) is 3. The second-order valence-corrected chi connectivity index (χ2v) is 9.59. The zero-order valence-corrected chi connectivity index (χ0v) is 17.6. The molecule has 1 atom stereocenters. The first-order valence-electron chi connectivity index (χ1n) is 9.93. The first-order valence-corrected chi connectivity index (χ1v) is 11.4. The summed E-state index contributed by atoms with van der Waals surface area (Å²) < 4.78 is 40.6. The second kappa shape index (κ2) is 9.05. The van der Waals surface area contributed by atoms with Gasteiger partial charge in [-0.05, 0) is 55.7 Å². The van der Waals surface area contributed by atoms with Crippen molar-refractivity contribution in [2.75, 3.05) is 7.05 Å². The average Bonchev–Trinajstić information content (AvgIpc) is 2.74. The fourth-order valence-electron chi connectivity index (χ4n) is 3.72. The largest absolute Gasteiger partial charge is 0.346 e. The van der Waals surface area contributed by atoms with E-state index >= 15 is 0 Å². The third kappa shape index (κ3) is 5.03. The number of carbonyl (C=O) groups is 1. The van der Waals surface area contributed by atoms with Crippen LogP contribution in [0.5, 0.6) is 0 Å². The van der Waals surface area contributed by atoms with Gasteiger partial charge in [0.15, 0.2) is 0 Å². The Morgan fingerprint density at radius 2 is 1.76 bits per heavy atom. The van der Waals surface area contributed by atoms with Gasteiger partial charge in [0.25, 0.3) is 5.91 Å². The molecule has 1 aliphatic carbocycles. The number of amides is 1. The highest BCUT2D eigenvalue weighted by molar-refractivity contribution is 7.89. The van der Waals surface area contributed by atoms with Crippen molar-refractivity contribution in [1.29, 1.82) is 0 Å². The van der Waals surface area contributed by atoms with E-state index in [2.05, 4.69) is 5.32 Å². The summed E-state index contributed by atoms with van der Waals surface area (Å²) in [6.07, 6.45) is 4.95. The van der Waals surface area contributed by atoms with Gasteiger partial charge in [-0.1, -0.05) is 37.5 Å². The topological polar surface area (TPSA) is 66.5 Å². The van der Waals surface area contributed by atoms with E-state index in [9.17, 15) is 17.6 Å². The third-order valence-electron chi connectivity index (χ3n) is 5.58. The van der Waals surface area contributed by atoms with Crippen molar-refractivity contribution in [3.05, 3.63) is 65.5 Å². The number of benzene rings is 2. The van der Waals surface area contributed by atoms with E-state index in [0.29, 0.717) is 0 Å². The van der Waals surface area contributed by atoms with E-state index in [-0.39, 0.29) is 34.3 Å². The van der Waals surface area contributed by atoms with Crippen LogP contribution in [0.4, 0.5) is 4.39 Å². The third-order valence-corrected chi connectivity index (χ3v) is 7.49. The number of nitrogens with zero attached hydrogens (tertiary/aromatic N) is 1. The van der Waals surface area contributed by atoms with Gasteiger partial charge in [-0.3, -0.25) is 4.79 Å². The molecular formula is C22H27FN2O3S. The monoisotopic (exact) mass is 418 g/mol. The highest BCUT2D eigenvalue weighted by Crippen LogP contribution is 2.27. The van der Waals surface area contributed by atoms with Crippen LogP contribution in [-0.4, -0.2) is 31.7 Å². The van der Waals surface area contributed by atoms with Crippen LogP contribution in [0.2, 0.25) is 0 Å². The predicted octanol–water partition coefficient (Wildman–Crippen LogP) is 4.27. The minimum atomic E-state index is -3.67. The minimum absolute atomic E-state index is 0.00438. The van der Waals surface area contributed by atoms with Crippen LogP contribution in [-0.2, 0) is 10.0 Å². The summed E-state index contributed by atoms with van der Waals surface area (Å²) in [7, 11) is -2.05. The van der Waals surface area contributed by atoms with Crippen molar-refractivity contribution < 1.29 is 17.6 Å². The molecule has 29 heavy (non-hydrogen) atoms. The lowest BCUT2D eigenvalue weighted by Gasteiger charge is -2.30. The van der Waals surface area contributed by atoms with E-state index in [1.165, 1.54) is 28.6 Å². The van der Waals surface area contributed by atoms with Gasteiger partial charge < -0.3 is 5.32 Å². The average molecular weight is 419 g/mol. The van der Waals surface area contributed by atoms with Gasteiger partial charge >= 0.3 is 0 Å². The molecule has 1 N–H and O–H groups in total. The zero-order chi connectivity index (χ0) is 21.0. The predicted molar refractivity (Wildman–Crippen MR) is 111 cm³/mol. The fourth-order valence-corrected chi connectivity index (χ4v) is 5.18. The van der Waals surface area contributed by atoms with E-state index in [4.69, 9.17) is 0 Å². The van der Waals surface area contributed by atoms with Gasteiger partial charge in [0.05, 0.1) is 10.9 Å². The molecule has 156 valence electrons. The van der Waals surface area contributed by atoms with Crippen LogP contribution in [0.3, 0.4) is 0 Å². The standard InChI is InChI=1S/C22H27FN2O3S/c1-16(17-11-13-19(23)14-12-17)24-22(26)18-7-6-10-21(15-18)29(27,28)25(2)20-8-4-3-5-9-20/h6-7,10-16,20H,3-5,8-9H2,1-2H3,(H,24,26). The van der Waals surface area contributed by atoms with Crippen LogP contribution in [0.15, 0.2) is 53.4 Å². The Morgan fingerprint density at radius 3 is 2.41 bits per heavy atom. The molecule has 1 amide bonds. The molecule has 0 radical (unpaired) electrons. The Bertz CT molecular complexity index is 954. The molecule has 0 spiro atoms. The molecule has 0 bridgehead atoms. The van der Waals surface area contributed by atoms with Gasteiger partial charge in [-0.2, -0.15) is 4.31 Å². The maximum absolute atomic E-state index is 13.1. The first-order chi connectivity index (χ1) is 13.8. The summed E-state index contributed by atoms with van der Waals surface area (Å²) in [5, 5.41) is 2.83. The smallest absolute Gasteiger partial charge is 0.251 e. The van der Waals surface area contributed by atoms with Crippen molar-refractivity contribution in [2.45, 2.75) is 56.0 Å². The molecule has 7 heteroatoms. The second-order valence-electron chi connectivity index (χ2n) is 7.59. The molecule has 3 rings (SSSR count). The molecule has 0 aromatic heterocycles. The van der Waals surface area contributed by atoms with E-state index in [0.717, 1.165) is 37.7 Å². The Balaban J connectivity index is 1.75. The highest BCUT2D eigenvalue weighted by atomic mass is 32.2. The number of halogens is 1. The van der Waals surface area contributed by atoms with Crippen LogP contribution >= 0.6 is 0 Å². The number of rotatable bonds is 6.